The molecule has 0 unspecified atom stereocenters. The van der Waals surface area contributed by atoms with Gasteiger partial charge in [-0.1, -0.05) is 30.4 Å². The fourth-order valence-corrected chi connectivity index (χ4v) is 3.80. The second kappa shape index (κ2) is 14.2. The van der Waals surface area contributed by atoms with Crippen LogP contribution in [0.15, 0.2) is 54.6 Å². The molecule has 0 amide bonds. The number of esters is 1. The lowest BCUT2D eigenvalue weighted by atomic mass is 10.0. The lowest BCUT2D eigenvalue weighted by Crippen LogP contribution is -2.24. The Morgan fingerprint density at radius 1 is 0.973 bits per heavy atom. The summed E-state index contributed by atoms with van der Waals surface area (Å²) in [7, 11) is 4.65. The largest absolute Gasteiger partial charge is 0.497 e. The third-order valence-electron chi connectivity index (χ3n) is 5.76. The van der Waals surface area contributed by atoms with Crippen molar-refractivity contribution in [1.29, 1.82) is 0 Å². The Morgan fingerprint density at radius 3 is 2.43 bits per heavy atom. The summed E-state index contributed by atoms with van der Waals surface area (Å²) in [6.07, 6.45) is 7.18. The fraction of sp³-hybridized carbons (Fsp3) is 0.379. The normalized spacial score (nSPS) is 18.5. The van der Waals surface area contributed by atoms with Crippen molar-refractivity contribution in [2.45, 2.75) is 45.0 Å². The van der Waals surface area contributed by atoms with E-state index >= 15 is 0 Å². The molecule has 3 rings (SSSR count). The number of hydrogen-bond acceptors (Lipinski definition) is 8. The van der Waals surface area contributed by atoms with E-state index in [1.165, 1.54) is 14.2 Å². The van der Waals surface area contributed by atoms with Crippen LogP contribution in [-0.2, 0) is 25.6 Å². The zero-order valence-corrected chi connectivity index (χ0v) is 21.7. The minimum atomic E-state index is -0.581. The summed E-state index contributed by atoms with van der Waals surface area (Å²) < 4.78 is 32.9. The summed E-state index contributed by atoms with van der Waals surface area (Å²) in [6, 6.07) is 10.9. The lowest BCUT2D eigenvalue weighted by Gasteiger charge is -2.18. The number of benzene rings is 2. The molecule has 0 bridgehead atoms. The van der Waals surface area contributed by atoms with Crippen LogP contribution in [0.4, 0.5) is 0 Å². The van der Waals surface area contributed by atoms with E-state index in [0.29, 0.717) is 36.5 Å². The van der Waals surface area contributed by atoms with Crippen LogP contribution < -0.4 is 14.2 Å². The topological polar surface area (TPSA) is 89.5 Å². The molecular formula is C29H34O8. The highest BCUT2D eigenvalue weighted by atomic mass is 16.7. The molecule has 0 saturated carbocycles. The molecule has 0 spiro atoms. The smallest absolute Gasteiger partial charge is 0.343 e. The first-order valence-corrected chi connectivity index (χ1v) is 12.1. The van der Waals surface area contributed by atoms with Crippen LogP contribution in [0.3, 0.4) is 0 Å². The predicted molar refractivity (Wildman–Crippen MR) is 139 cm³/mol. The summed E-state index contributed by atoms with van der Waals surface area (Å²) in [5.41, 5.74) is 1.80. The minimum Gasteiger partial charge on any atom is -0.497 e. The molecule has 8 heteroatoms. The maximum Gasteiger partial charge on any atom is 0.343 e. The summed E-state index contributed by atoms with van der Waals surface area (Å²) in [4.78, 5) is 26.0. The molecule has 0 N–H and O–H groups in total. The Labute approximate surface area is 217 Å². The molecule has 1 heterocycles. The van der Waals surface area contributed by atoms with E-state index in [0.717, 1.165) is 11.3 Å². The van der Waals surface area contributed by atoms with Crippen molar-refractivity contribution >= 4 is 17.8 Å². The number of fused-ring (bicyclic) bond motifs is 1. The molecule has 0 aromatic heterocycles. The van der Waals surface area contributed by atoms with E-state index in [4.69, 9.17) is 28.4 Å². The van der Waals surface area contributed by atoms with Gasteiger partial charge in [0.2, 0.25) is 0 Å². The first-order valence-electron chi connectivity index (χ1n) is 12.1. The van der Waals surface area contributed by atoms with E-state index < -0.39 is 18.2 Å². The van der Waals surface area contributed by atoms with Gasteiger partial charge in [-0.3, -0.25) is 4.79 Å². The average Bonchev–Trinajstić information content (AvgIpc) is 2.90. The van der Waals surface area contributed by atoms with Crippen LogP contribution in [0.1, 0.15) is 47.7 Å². The van der Waals surface area contributed by atoms with Crippen LogP contribution in [0.25, 0.3) is 6.08 Å². The lowest BCUT2D eigenvalue weighted by molar-refractivity contribution is -0.130. The molecule has 2 atom stereocenters. The van der Waals surface area contributed by atoms with Gasteiger partial charge < -0.3 is 28.4 Å². The molecule has 0 aliphatic carbocycles. The molecule has 8 nitrogen and oxygen atoms in total. The van der Waals surface area contributed by atoms with Crippen LogP contribution in [0.5, 0.6) is 17.2 Å². The SMILES string of the molecule is COCOc1cc(OC)cc2c1C(=O)O[C@@H](C)C=CCC(=O)[C@@H](OCc1ccc(OC)cc1)CCC=C2. The Kier molecular flexibility index (Phi) is 10.7. The Morgan fingerprint density at radius 2 is 1.73 bits per heavy atom. The van der Waals surface area contributed by atoms with E-state index in [2.05, 4.69) is 0 Å². The van der Waals surface area contributed by atoms with Crippen LogP contribution in [0.2, 0.25) is 0 Å². The maximum atomic E-state index is 13.1. The Bertz CT molecular complexity index is 1100. The van der Waals surface area contributed by atoms with E-state index in [1.54, 1.807) is 44.4 Å². The number of allylic oxidation sites excluding steroid dienone is 2. The highest BCUT2D eigenvalue weighted by Crippen LogP contribution is 2.31. The van der Waals surface area contributed by atoms with Crippen LogP contribution >= 0.6 is 0 Å². The highest BCUT2D eigenvalue weighted by molar-refractivity contribution is 5.97. The number of Topliss-reactive ketones (excluding diaryl/α,β-unsaturated/α-hetero) is 1. The number of rotatable bonds is 8. The third-order valence-corrected chi connectivity index (χ3v) is 5.76. The quantitative estimate of drug-likeness (QED) is 0.274. The summed E-state index contributed by atoms with van der Waals surface area (Å²) in [6.45, 7) is 2.00. The van der Waals surface area contributed by atoms with Gasteiger partial charge >= 0.3 is 5.97 Å². The monoisotopic (exact) mass is 510 g/mol. The summed E-state index contributed by atoms with van der Waals surface area (Å²) >= 11 is 0. The first kappa shape index (κ1) is 28.0. The first-order chi connectivity index (χ1) is 17.9. The minimum absolute atomic E-state index is 0.0360. The second-order valence-corrected chi connectivity index (χ2v) is 8.48. The Hall–Kier alpha value is -3.62. The van der Waals surface area contributed by atoms with Crippen molar-refractivity contribution in [2.75, 3.05) is 28.1 Å². The van der Waals surface area contributed by atoms with Crippen molar-refractivity contribution in [2.24, 2.45) is 0 Å². The molecule has 2 aromatic carbocycles. The number of carbonyl (C=O) groups is 2. The number of ketones is 1. The van der Waals surface area contributed by atoms with Gasteiger partial charge in [-0.05, 0) is 55.2 Å². The highest BCUT2D eigenvalue weighted by Gasteiger charge is 2.23. The van der Waals surface area contributed by atoms with E-state index in [9.17, 15) is 9.59 Å². The molecule has 0 radical (unpaired) electrons. The van der Waals surface area contributed by atoms with Gasteiger partial charge in [0.25, 0.3) is 0 Å². The van der Waals surface area contributed by atoms with Gasteiger partial charge in [0, 0.05) is 19.6 Å². The van der Waals surface area contributed by atoms with Gasteiger partial charge in [-0.2, -0.15) is 0 Å². The fourth-order valence-electron chi connectivity index (χ4n) is 3.80. The predicted octanol–water partition coefficient (Wildman–Crippen LogP) is 5.14. The number of cyclic esters (lactones) is 1. The zero-order chi connectivity index (χ0) is 26.6. The molecule has 1 aliphatic rings. The van der Waals surface area contributed by atoms with Gasteiger partial charge in [-0.25, -0.2) is 4.79 Å². The molecule has 2 aromatic rings. The average molecular weight is 511 g/mol. The van der Waals surface area contributed by atoms with Gasteiger partial charge in [-0.15, -0.1) is 0 Å². The van der Waals surface area contributed by atoms with Gasteiger partial charge in [0.1, 0.15) is 35.0 Å². The number of carbonyl (C=O) groups excluding carboxylic acids is 2. The van der Waals surface area contributed by atoms with E-state index in [1.807, 2.05) is 30.3 Å². The van der Waals surface area contributed by atoms with Gasteiger partial charge in [0.15, 0.2) is 12.6 Å². The molecule has 198 valence electrons. The molecule has 0 saturated heterocycles. The number of ether oxygens (including phenoxy) is 6. The second-order valence-electron chi connectivity index (χ2n) is 8.48. The van der Waals surface area contributed by atoms with E-state index in [-0.39, 0.29) is 24.6 Å². The van der Waals surface area contributed by atoms with Crippen molar-refractivity contribution in [3.8, 4) is 17.2 Å². The maximum absolute atomic E-state index is 13.1. The van der Waals surface area contributed by atoms with Crippen LogP contribution in [0, 0.1) is 0 Å². The molecular weight excluding hydrogens is 476 g/mol. The van der Waals surface area contributed by atoms with Crippen LogP contribution in [-0.4, -0.2) is 52.1 Å². The summed E-state index contributed by atoms with van der Waals surface area (Å²) in [5, 5.41) is 0. The molecule has 37 heavy (non-hydrogen) atoms. The third kappa shape index (κ3) is 8.20. The standard InChI is InChI=1S/C29H34O8/c1-20-8-7-10-25(30)26(35-18-21-12-14-23(33-3)15-13-21)11-6-5-9-22-16-24(34-4)17-27(36-19-32-2)28(22)29(31)37-20/h5,7-9,12-17,20,26H,6,10-11,18-19H2,1-4H3/t20-,26-/m0/s1. The van der Waals surface area contributed by atoms with Crippen molar-refractivity contribution in [1.82, 2.24) is 0 Å². The van der Waals surface area contributed by atoms with Crippen molar-refractivity contribution < 1.29 is 38.0 Å². The Balaban J connectivity index is 1.85. The van der Waals surface area contributed by atoms with Crippen molar-refractivity contribution in [3.63, 3.8) is 0 Å². The summed E-state index contributed by atoms with van der Waals surface area (Å²) in [5.74, 6) is 0.994. The molecule has 0 fully saturated rings. The number of methoxy groups -OCH3 is 3. The molecule has 1 aliphatic heterocycles. The zero-order valence-electron chi connectivity index (χ0n) is 21.7. The number of hydrogen-bond donors (Lipinski definition) is 0. The van der Waals surface area contributed by atoms with Gasteiger partial charge in [0.05, 0.1) is 20.8 Å². The van der Waals surface area contributed by atoms with Crippen molar-refractivity contribution in [3.05, 3.63) is 71.3 Å².